The Balaban J connectivity index is 1.33. The van der Waals surface area contributed by atoms with Crippen LogP contribution in [0.15, 0.2) is 59.0 Å². The predicted octanol–water partition coefficient (Wildman–Crippen LogP) is 5.67. The van der Waals surface area contributed by atoms with Gasteiger partial charge in [0.1, 0.15) is 17.2 Å². The average molecular weight is 597 g/mol. The lowest BCUT2D eigenvalue weighted by molar-refractivity contribution is 0.0964. The molecular formula is C29H27BClFN2O6S. The van der Waals surface area contributed by atoms with Crippen molar-refractivity contribution < 1.29 is 31.7 Å². The fourth-order valence-corrected chi connectivity index (χ4v) is 6.93. The summed E-state index contributed by atoms with van der Waals surface area (Å²) in [5, 5.41) is 13.3. The van der Waals surface area contributed by atoms with Crippen molar-refractivity contribution in [3.8, 4) is 11.3 Å². The van der Waals surface area contributed by atoms with Crippen LogP contribution in [0.3, 0.4) is 0 Å². The lowest BCUT2D eigenvalue weighted by Crippen LogP contribution is -2.18. The molecule has 8 nitrogen and oxygen atoms in total. The number of amides is 1. The highest BCUT2D eigenvalue weighted by atomic mass is 35.5. The van der Waals surface area contributed by atoms with Crippen molar-refractivity contribution in [1.82, 2.24) is 5.32 Å². The molecule has 2 heterocycles. The number of hydrogen-bond acceptors (Lipinski definition) is 6. The molecule has 1 aliphatic carbocycles. The van der Waals surface area contributed by atoms with Gasteiger partial charge < -0.3 is 19.4 Å². The fourth-order valence-electron chi connectivity index (χ4n) is 5.37. The lowest BCUT2D eigenvalue weighted by atomic mass is 9.79. The van der Waals surface area contributed by atoms with Gasteiger partial charge in [0.25, 0.3) is 5.91 Å². The van der Waals surface area contributed by atoms with Crippen molar-refractivity contribution in [2.45, 2.75) is 36.8 Å². The van der Waals surface area contributed by atoms with Gasteiger partial charge in [0.15, 0.2) is 0 Å². The second kappa shape index (κ2) is 10.8. The Hall–Kier alpha value is -3.38. The van der Waals surface area contributed by atoms with Crippen LogP contribution in [0, 0.1) is 5.82 Å². The second-order valence-electron chi connectivity index (χ2n) is 10.5. The van der Waals surface area contributed by atoms with E-state index in [9.17, 15) is 22.6 Å². The molecule has 0 spiro atoms. The highest BCUT2D eigenvalue weighted by Gasteiger charge is 2.32. The van der Waals surface area contributed by atoms with E-state index < -0.39 is 23.0 Å². The third-order valence-electron chi connectivity index (χ3n) is 7.54. The van der Waals surface area contributed by atoms with Crippen LogP contribution < -0.4 is 10.0 Å². The topological polar surface area (TPSA) is 118 Å². The van der Waals surface area contributed by atoms with E-state index in [-0.39, 0.29) is 29.3 Å². The minimum atomic E-state index is -3.86. The first-order valence-electron chi connectivity index (χ1n) is 13.3. The number of fused-ring (bicyclic) bond motifs is 1. The van der Waals surface area contributed by atoms with Crippen molar-refractivity contribution in [1.29, 1.82) is 0 Å². The Morgan fingerprint density at radius 3 is 2.49 bits per heavy atom. The van der Waals surface area contributed by atoms with Crippen LogP contribution in [0.25, 0.3) is 22.3 Å². The summed E-state index contributed by atoms with van der Waals surface area (Å²) in [5.41, 5.74) is 3.65. The summed E-state index contributed by atoms with van der Waals surface area (Å²) >= 11 is 6.48. The summed E-state index contributed by atoms with van der Waals surface area (Å²) in [6.45, 7) is 0.351. The van der Waals surface area contributed by atoms with E-state index in [1.165, 1.54) is 31.3 Å². The van der Waals surface area contributed by atoms with Crippen LogP contribution in [0.4, 0.5) is 10.1 Å². The number of nitrogens with one attached hydrogen (secondary N) is 2. The van der Waals surface area contributed by atoms with Gasteiger partial charge in [0, 0.05) is 41.6 Å². The molecule has 12 heteroatoms. The van der Waals surface area contributed by atoms with Crippen molar-refractivity contribution in [2.24, 2.45) is 0 Å². The standard InChI is InChI=1S/C29H27BClFN2O6S/c1-33-29(35)27-23-11-22(17-3-4-17)25(12-26(23)40-28(27)18-5-7-20(32)8-6-18)34-41(37,38)15-16-2-9-21(24(31)10-16)19-13-30(36)39-14-19/h2,5-12,17,19,34,36H,3-4,13-15H2,1H3,(H,33,35). The molecule has 1 amide bonds. The molecule has 2 aliphatic rings. The zero-order chi connectivity index (χ0) is 28.9. The smallest absolute Gasteiger partial charge is 0.454 e. The van der Waals surface area contributed by atoms with Gasteiger partial charge in [-0.05, 0) is 78.2 Å². The molecule has 1 unspecified atom stereocenters. The van der Waals surface area contributed by atoms with Gasteiger partial charge in [-0.2, -0.15) is 0 Å². The number of furan rings is 1. The molecular weight excluding hydrogens is 570 g/mol. The van der Waals surface area contributed by atoms with E-state index >= 15 is 0 Å². The molecule has 1 aromatic heterocycles. The van der Waals surface area contributed by atoms with E-state index in [0.717, 1.165) is 24.0 Å². The Morgan fingerprint density at radius 2 is 1.85 bits per heavy atom. The summed E-state index contributed by atoms with van der Waals surface area (Å²) in [5.74, 6) is -0.713. The summed E-state index contributed by atoms with van der Waals surface area (Å²) < 4.78 is 54.3. The van der Waals surface area contributed by atoms with Crippen LogP contribution in [-0.2, 0) is 20.4 Å². The fraction of sp³-hybridized carbons (Fsp3) is 0.276. The first-order chi connectivity index (χ1) is 19.6. The van der Waals surface area contributed by atoms with E-state index in [4.69, 9.17) is 20.7 Å². The zero-order valence-corrected chi connectivity index (χ0v) is 23.7. The number of sulfonamides is 1. The van der Waals surface area contributed by atoms with E-state index in [0.29, 0.717) is 51.3 Å². The number of anilines is 1. The molecule has 1 aliphatic heterocycles. The molecule has 3 N–H and O–H groups in total. The lowest BCUT2D eigenvalue weighted by Gasteiger charge is -2.15. The van der Waals surface area contributed by atoms with Crippen LogP contribution in [0.2, 0.25) is 11.3 Å². The maximum Gasteiger partial charge on any atom is 0.454 e. The normalized spacial score (nSPS) is 17.3. The first-order valence-corrected chi connectivity index (χ1v) is 15.3. The van der Waals surface area contributed by atoms with Gasteiger partial charge in [-0.1, -0.05) is 23.7 Å². The Labute approximate surface area is 242 Å². The molecule has 6 rings (SSSR count). The van der Waals surface area contributed by atoms with Crippen molar-refractivity contribution in [3.63, 3.8) is 0 Å². The molecule has 1 saturated heterocycles. The van der Waals surface area contributed by atoms with Gasteiger partial charge in [0.05, 0.1) is 17.0 Å². The van der Waals surface area contributed by atoms with Gasteiger partial charge in [0.2, 0.25) is 10.0 Å². The largest absolute Gasteiger partial charge is 0.455 e. The molecule has 2 fully saturated rings. The second-order valence-corrected chi connectivity index (χ2v) is 12.7. The highest BCUT2D eigenvalue weighted by Crippen LogP contribution is 2.47. The molecule has 212 valence electrons. The number of carbonyl (C=O) groups excluding carboxylic acids is 1. The summed E-state index contributed by atoms with van der Waals surface area (Å²) in [7, 11) is -3.17. The van der Waals surface area contributed by atoms with Gasteiger partial charge >= 0.3 is 7.12 Å². The maximum atomic E-state index is 13.6. The number of hydrogen-bond donors (Lipinski definition) is 3. The van der Waals surface area contributed by atoms with E-state index in [2.05, 4.69) is 10.0 Å². The summed E-state index contributed by atoms with van der Waals surface area (Å²) in [6, 6.07) is 14.2. The van der Waals surface area contributed by atoms with Crippen molar-refractivity contribution in [2.75, 3.05) is 18.4 Å². The number of halogens is 2. The van der Waals surface area contributed by atoms with Crippen LogP contribution in [-0.4, -0.2) is 40.1 Å². The van der Waals surface area contributed by atoms with Gasteiger partial charge in [-0.3, -0.25) is 9.52 Å². The molecule has 41 heavy (non-hydrogen) atoms. The average Bonchev–Trinajstić information content (AvgIpc) is 3.58. The van der Waals surface area contributed by atoms with Gasteiger partial charge in [-0.25, -0.2) is 12.8 Å². The van der Waals surface area contributed by atoms with Crippen LogP contribution in [0.1, 0.15) is 51.7 Å². The highest BCUT2D eigenvalue weighted by molar-refractivity contribution is 7.91. The summed E-state index contributed by atoms with van der Waals surface area (Å²) in [4.78, 5) is 12.9. The minimum Gasteiger partial charge on any atom is -0.455 e. The number of rotatable bonds is 8. The number of benzene rings is 3. The first kappa shape index (κ1) is 27.8. The SMILES string of the molecule is CNC(=O)c1c(-c2ccc(F)cc2)oc2cc(NS(=O)(=O)Cc3ccc(C4COB(O)C4)c(Cl)c3)c(C3CC3)cc12. The van der Waals surface area contributed by atoms with E-state index in [1.807, 2.05) is 6.07 Å². The van der Waals surface area contributed by atoms with Crippen molar-refractivity contribution >= 4 is 51.3 Å². The zero-order valence-electron chi connectivity index (χ0n) is 22.1. The monoisotopic (exact) mass is 596 g/mol. The third kappa shape index (κ3) is 5.72. The quantitative estimate of drug-likeness (QED) is 0.226. The molecule has 3 aromatic carbocycles. The predicted molar refractivity (Wildman–Crippen MR) is 156 cm³/mol. The molecule has 0 bridgehead atoms. The Kier molecular flexibility index (Phi) is 7.31. The van der Waals surface area contributed by atoms with Crippen LogP contribution in [0.5, 0.6) is 0 Å². The molecule has 4 aromatic rings. The molecule has 1 atom stereocenters. The van der Waals surface area contributed by atoms with Gasteiger partial charge in [-0.15, -0.1) is 0 Å². The van der Waals surface area contributed by atoms with Crippen molar-refractivity contribution in [3.05, 3.63) is 87.7 Å². The Morgan fingerprint density at radius 1 is 1.10 bits per heavy atom. The number of carbonyl (C=O) groups is 1. The molecule has 1 saturated carbocycles. The summed E-state index contributed by atoms with van der Waals surface area (Å²) in [6.07, 6.45) is 2.23. The third-order valence-corrected chi connectivity index (χ3v) is 9.11. The van der Waals surface area contributed by atoms with Crippen LogP contribution >= 0.6 is 11.6 Å². The minimum absolute atomic E-state index is 0.0538. The Bertz CT molecular complexity index is 1760. The maximum absolute atomic E-state index is 13.6. The van der Waals surface area contributed by atoms with E-state index in [1.54, 1.807) is 24.3 Å². The molecule has 0 radical (unpaired) electrons.